The Morgan fingerprint density at radius 2 is 1.62 bits per heavy atom. The predicted octanol–water partition coefficient (Wildman–Crippen LogP) is 2.32. The molecule has 0 heterocycles. The summed E-state index contributed by atoms with van der Waals surface area (Å²) in [6.07, 6.45) is -4.58. The van der Waals surface area contributed by atoms with Crippen LogP contribution in [0, 0.1) is 5.41 Å². The molecule has 0 aliphatic rings. The van der Waals surface area contributed by atoms with E-state index in [0.29, 0.717) is 0 Å². The van der Waals surface area contributed by atoms with Crippen LogP contribution in [0.15, 0.2) is 0 Å². The maximum absolute atomic E-state index is 11.5. The largest absolute Gasteiger partial charge is 0.522 e. The van der Waals surface area contributed by atoms with Gasteiger partial charge in [-0.15, -0.1) is 25.6 Å². The van der Waals surface area contributed by atoms with Crippen molar-refractivity contribution in [2.24, 2.45) is 11.1 Å². The number of alkyl halides is 3. The summed E-state index contributed by atoms with van der Waals surface area (Å²) in [6.45, 7) is 4.79. The van der Waals surface area contributed by atoms with E-state index >= 15 is 0 Å². The van der Waals surface area contributed by atoms with E-state index < -0.39 is 19.0 Å². The highest BCUT2D eigenvalue weighted by atomic mass is 35.5. The topological polar surface area (TPSA) is 35.2 Å². The quantitative estimate of drug-likeness (QED) is 0.777. The number of ether oxygens (including phenoxy) is 1. The third kappa shape index (κ3) is 8.33. The Kier molecular flexibility index (Phi) is 5.98. The second kappa shape index (κ2) is 5.02. The van der Waals surface area contributed by atoms with Gasteiger partial charge in [-0.25, -0.2) is 0 Å². The summed E-state index contributed by atoms with van der Waals surface area (Å²) < 4.78 is 38.2. The van der Waals surface area contributed by atoms with Crippen molar-refractivity contribution in [1.29, 1.82) is 0 Å². The van der Waals surface area contributed by atoms with Crippen LogP contribution in [0.5, 0.6) is 0 Å². The van der Waals surface area contributed by atoms with Gasteiger partial charge in [0.2, 0.25) is 0 Å². The summed E-state index contributed by atoms with van der Waals surface area (Å²) in [5.41, 5.74) is 5.06. The second-order valence-electron chi connectivity index (χ2n) is 3.73. The van der Waals surface area contributed by atoms with Crippen molar-refractivity contribution in [1.82, 2.24) is 0 Å². The van der Waals surface area contributed by atoms with E-state index in [4.69, 9.17) is 5.73 Å². The highest BCUT2D eigenvalue weighted by Crippen LogP contribution is 2.21. The van der Waals surface area contributed by atoms with Crippen molar-refractivity contribution in [3.63, 3.8) is 0 Å². The van der Waals surface area contributed by atoms with E-state index in [1.165, 1.54) is 0 Å². The van der Waals surface area contributed by atoms with Gasteiger partial charge >= 0.3 is 6.36 Å². The predicted molar refractivity (Wildman–Crippen MR) is 46.7 cm³/mol. The number of halogens is 4. The van der Waals surface area contributed by atoms with Gasteiger partial charge in [0.15, 0.2) is 0 Å². The van der Waals surface area contributed by atoms with Crippen molar-refractivity contribution < 1.29 is 17.9 Å². The highest BCUT2D eigenvalue weighted by Gasteiger charge is 2.32. The average Bonchev–Trinajstić information content (AvgIpc) is 1.78. The van der Waals surface area contributed by atoms with Crippen molar-refractivity contribution in [2.75, 3.05) is 6.61 Å². The maximum Gasteiger partial charge on any atom is 0.522 e. The number of hydrogen-bond acceptors (Lipinski definition) is 2. The molecule has 82 valence electrons. The van der Waals surface area contributed by atoms with Gasteiger partial charge in [0, 0.05) is 6.04 Å². The Bertz CT molecular complexity index is 144. The van der Waals surface area contributed by atoms with Crippen LogP contribution in [-0.4, -0.2) is 19.0 Å². The lowest BCUT2D eigenvalue weighted by Crippen LogP contribution is -2.40. The fourth-order valence-corrected chi connectivity index (χ4v) is 0.434. The van der Waals surface area contributed by atoms with Crippen molar-refractivity contribution >= 4 is 12.4 Å². The zero-order valence-electron chi connectivity index (χ0n) is 7.81. The molecule has 0 radical (unpaired) electrons. The van der Waals surface area contributed by atoms with Gasteiger partial charge in [0.25, 0.3) is 0 Å². The van der Waals surface area contributed by atoms with Crippen LogP contribution in [0.2, 0.25) is 0 Å². The van der Waals surface area contributed by atoms with Gasteiger partial charge in [-0.3, -0.25) is 4.74 Å². The first-order chi connectivity index (χ1) is 5.13. The summed E-state index contributed by atoms with van der Waals surface area (Å²) in [7, 11) is 0. The monoisotopic (exact) mass is 221 g/mol. The fraction of sp³-hybridized carbons (Fsp3) is 1.00. The number of rotatable bonds is 2. The van der Waals surface area contributed by atoms with Crippen molar-refractivity contribution in [3.8, 4) is 0 Å². The molecule has 0 aromatic carbocycles. The average molecular weight is 222 g/mol. The van der Waals surface area contributed by atoms with Crippen LogP contribution >= 0.6 is 12.4 Å². The molecule has 6 heteroatoms. The molecule has 0 saturated heterocycles. The Balaban J connectivity index is 0. The van der Waals surface area contributed by atoms with E-state index in [-0.39, 0.29) is 17.8 Å². The summed E-state index contributed by atoms with van der Waals surface area (Å²) >= 11 is 0. The molecule has 0 amide bonds. The standard InChI is InChI=1S/C7H14F3NO.ClH/c1-6(2,3)5(11)4-12-7(8,9)10;/h5H,4,11H2,1-3H3;1H. The van der Waals surface area contributed by atoms with Gasteiger partial charge in [0.05, 0.1) is 6.61 Å². The number of hydrogen-bond donors (Lipinski definition) is 1. The Hall–Kier alpha value is -0.0000000000000000555. The van der Waals surface area contributed by atoms with E-state index in [2.05, 4.69) is 4.74 Å². The zero-order chi connectivity index (χ0) is 9.99. The zero-order valence-corrected chi connectivity index (χ0v) is 8.63. The van der Waals surface area contributed by atoms with Gasteiger partial charge in [0.1, 0.15) is 0 Å². The van der Waals surface area contributed by atoms with Crippen LogP contribution in [0.25, 0.3) is 0 Å². The van der Waals surface area contributed by atoms with E-state index in [9.17, 15) is 13.2 Å². The molecule has 1 unspecified atom stereocenters. The highest BCUT2D eigenvalue weighted by molar-refractivity contribution is 5.85. The third-order valence-corrected chi connectivity index (χ3v) is 1.54. The maximum atomic E-state index is 11.5. The molecule has 0 aromatic heterocycles. The van der Waals surface area contributed by atoms with Crippen molar-refractivity contribution in [3.05, 3.63) is 0 Å². The normalized spacial score (nSPS) is 15.0. The SMILES string of the molecule is CC(C)(C)C(N)COC(F)(F)F.Cl. The molecular weight excluding hydrogens is 207 g/mol. The molecule has 1 atom stereocenters. The molecule has 0 aromatic rings. The fourth-order valence-electron chi connectivity index (χ4n) is 0.434. The van der Waals surface area contributed by atoms with Crippen LogP contribution in [0.3, 0.4) is 0 Å². The van der Waals surface area contributed by atoms with Gasteiger partial charge in [-0.1, -0.05) is 20.8 Å². The first kappa shape index (κ1) is 15.5. The minimum absolute atomic E-state index is 0. The molecule has 2 N–H and O–H groups in total. The summed E-state index contributed by atoms with van der Waals surface area (Å²) in [5, 5.41) is 0. The third-order valence-electron chi connectivity index (χ3n) is 1.54. The smallest absolute Gasteiger partial charge is 0.325 e. The van der Waals surface area contributed by atoms with E-state index in [1.807, 2.05) is 0 Å². The van der Waals surface area contributed by atoms with Crippen LogP contribution in [-0.2, 0) is 4.74 Å². The minimum Gasteiger partial charge on any atom is -0.325 e. The molecule has 0 spiro atoms. The molecule has 0 rings (SSSR count). The Morgan fingerprint density at radius 1 is 1.23 bits per heavy atom. The lowest BCUT2D eigenvalue weighted by atomic mass is 9.88. The molecule has 0 bridgehead atoms. The van der Waals surface area contributed by atoms with Gasteiger partial charge in [-0.05, 0) is 5.41 Å². The molecule has 13 heavy (non-hydrogen) atoms. The van der Waals surface area contributed by atoms with Crippen LogP contribution in [0.4, 0.5) is 13.2 Å². The molecule has 0 aliphatic heterocycles. The van der Waals surface area contributed by atoms with E-state index in [1.54, 1.807) is 20.8 Å². The van der Waals surface area contributed by atoms with Crippen molar-refractivity contribution in [2.45, 2.75) is 33.2 Å². The molecule has 0 fully saturated rings. The summed E-state index contributed by atoms with van der Waals surface area (Å²) in [6, 6.07) is -0.612. The second-order valence-corrected chi connectivity index (χ2v) is 3.73. The van der Waals surface area contributed by atoms with Gasteiger partial charge in [-0.2, -0.15) is 0 Å². The first-order valence-electron chi connectivity index (χ1n) is 3.59. The Morgan fingerprint density at radius 3 is 1.85 bits per heavy atom. The number of nitrogens with two attached hydrogens (primary N) is 1. The minimum atomic E-state index is -4.58. The lowest BCUT2D eigenvalue weighted by Gasteiger charge is -2.26. The van der Waals surface area contributed by atoms with Gasteiger partial charge < -0.3 is 5.73 Å². The first-order valence-corrected chi connectivity index (χ1v) is 3.59. The molecule has 2 nitrogen and oxygen atoms in total. The van der Waals surface area contributed by atoms with Crippen LogP contribution < -0.4 is 5.73 Å². The molecule has 0 aliphatic carbocycles. The van der Waals surface area contributed by atoms with E-state index in [0.717, 1.165) is 0 Å². The molecular formula is C7H15ClF3NO. The molecule has 0 saturated carbocycles. The Labute approximate surface area is 82.0 Å². The van der Waals surface area contributed by atoms with Crippen LogP contribution in [0.1, 0.15) is 20.8 Å². The lowest BCUT2D eigenvalue weighted by molar-refractivity contribution is -0.327. The summed E-state index contributed by atoms with van der Waals surface area (Å²) in [5.74, 6) is 0. The summed E-state index contributed by atoms with van der Waals surface area (Å²) in [4.78, 5) is 0.